The van der Waals surface area contributed by atoms with E-state index in [1.807, 2.05) is 37.3 Å². The van der Waals surface area contributed by atoms with Gasteiger partial charge in [-0.25, -0.2) is 0 Å². The average molecular weight is 429 g/mol. The Morgan fingerprint density at radius 3 is 2.28 bits per heavy atom. The van der Waals surface area contributed by atoms with E-state index >= 15 is 0 Å². The van der Waals surface area contributed by atoms with E-state index in [2.05, 4.69) is 5.32 Å². The molecule has 0 atom stereocenters. The first-order chi connectivity index (χ1) is 15.5. The van der Waals surface area contributed by atoms with Crippen LogP contribution in [-0.2, 0) is 16.0 Å². The van der Waals surface area contributed by atoms with Crippen LogP contribution in [0.3, 0.4) is 0 Å². The molecule has 0 fully saturated rings. The molecule has 0 heterocycles. The van der Waals surface area contributed by atoms with Crippen LogP contribution in [-0.4, -0.2) is 23.3 Å². The zero-order chi connectivity index (χ0) is 22.9. The summed E-state index contributed by atoms with van der Waals surface area (Å²) in [5.74, 6) is -0.420. The highest BCUT2D eigenvalue weighted by molar-refractivity contribution is 6.02. The molecule has 1 N–H and O–H groups in total. The summed E-state index contributed by atoms with van der Waals surface area (Å²) in [6.07, 6.45) is 2.90. The first-order valence-corrected chi connectivity index (χ1v) is 10.1. The topological polar surface area (TPSA) is 92.6 Å². The molecule has 7 heteroatoms. The van der Waals surface area contributed by atoms with Crippen molar-refractivity contribution in [3.8, 4) is 0 Å². The van der Waals surface area contributed by atoms with Crippen LogP contribution in [0, 0.1) is 10.1 Å². The summed E-state index contributed by atoms with van der Waals surface area (Å²) >= 11 is 0. The van der Waals surface area contributed by atoms with Gasteiger partial charge in [-0.3, -0.25) is 19.7 Å². The number of anilines is 2. The van der Waals surface area contributed by atoms with Crippen molar-refractivity contribution in [1.29, 1.82) is 0 Å². The molecule has 0 spiro atoms. The van der Waals surface area contributed by atoms with Gasteiger partial charge in [0, 0.05) is 30.1 Å². The number of carbonyl (C=O) groups is 2. The molecule has 3 rings (SSSR count). The molecule has 0 aliphatic carbocycles. The molecule has 162 valence electrons. The Morgan fingerprint density at radius 2 is 1.62 bits per heavy atom. The van der Waals surface area contributed by atoms with Gasteiger partial charge >= 0.3 is 0 Å². The summed E-state index contributed by atoms with van der Waals surface area (Å²) in [5.41, 5.74) is 2.53. The fourth-order valence-corrected chi connectivity index (χ4v) is 3.23. The van der Waals surface area contributed by atoms with Crippen LogP contribution in [0.5, 0.6) is 0 Å². The maximum atomic E-state index is 12.7. The summed E-state index contributed by atoms with van der Waals surface area (Å²) < 4.78 is 0. The van der Waals surface area contributed by atoms with Crippen LogP contribution in [0.4, 0.5) is 17.1 Å². The minimum absolute atomic E-state index is 0.0112. The van der Waals surface area contributed by atoms with Crippen LogP contribution in [0.15, 0.2) is 84.9 Å². The standard InChI is InChI=1S/C25H23N3O4/c1-2-27(22-9-4-3-5-10-22)25(30)18-19-12-15-21(16-13-19)26-24(29)17-14-20-8-6-7-11-23(20)28(31)32/h3-17H,2,18H2,1H3,(H,26,29)/b17-14+. The van der Waals surface area contributed by atoms with Gasteiger partial charge in [-0.2, -0.15) is 0 Å². The van der Waals surface area contributed by atoms with Crippen molar-refractivity contribution in [3.63, 3.8) is 0 Å². The zero-order valence-electron chi connectivity index (χ0n) is 17.6. The second kappa shape index (κ2) is 10.7. The lowest BCUT2D eigenvalue weighted by molar-refractivity contribution is -0.385. The first kappa shape index (κ1) is 22.4. The lowest BCUT2D eigenvalue weighted by Gasteiger charge is -2.21. The van der Waals surface area contributed by atoms with E-state index in [4.69, 9.17) is 0 Å². The normalized spacial score (nSPS) is 10.7. The summed E-state index contributed by atoms with van der Waals surface area (Å²) in [6, 6.07) is 22.7. The van der Waals surface area contributed by atoms with Gasteiger partial charge in [-0.15, -0.1) is 0 Å². The van der Waals surface area contributed by atoms with E-state index in [9.17, 15) is 19.7 Å². The van der Waals surface area contributed by atoms with Gasteiger partial charge in [-0.1, -0.05) is 42.5 Å². The molecule has 32 heavy (non-hydrogen) atoms. The summed E-state index contributed by atoms with van der Waals surface area (Å²) in [6.45, 7) is 2.50. The second-order valence-corrected chi connectivity index (χ2v) is 6.99. The Labute approximate surface area is 186 Å². The van der Waals surface area contributed by atoms with E-state index in [1.54, 1.807) is 47.4 Å². The molecule has 0 aromatic heterocycles. The van der Waals surface area contributed by atoms with Crippen LogP contribution >= 0.6 is 0 Å². The number of hydrogen-bond donors (Lipinski definition) is 1. The number of rotatable bonds is 8. The first-order valence-electron chi connectivity index (χ1n) is 10.1. The number of para-hydroxylation sites is 2. The maximum absolute atomic E-state index is 12.7. The lowest BCUT2D eigenvalue weighted by Crippen LogP contribution is -2.31. The third-order valence-electron chi connectivity index (χ3n) is 4.81. The summed E-state index contributed by atoms with van der Waals surface area (Å²) in [7, 11) is 0. The molecule has 0 saturated heterocycles. The van der Waals surface area contributed by atoms with Crippen molar-refractivity contribution < 1.29 is 14.5 Å². The van der Waals surface area contributed by atoms with E-state index in [0.29, 0.717) is 17.8 Å². The van der Waals surface area contributed by atoms with Crippen molar-refractivity contribution in [2.45, 2.75) is 13.3 Å². The molecule has 0 unspecified atom stereocenters. The van der Waals surface area contributed by atoms with Crippen molar-refractivity contribution in [2.75, 3.05) is 16.8 Å². The second-order valence-electron chi connectivity index (χ2n) is 6.99. The van der Waals surface area contributed by atoms with E-state index < -0.39 is 10.8 Å². The van der Waals surface area contributed by atoms with Crippen LogP contribution in [0.2, 0.25) is 0 Å². The highest BCUT2D eigenvalue weighted by Gasteiger charge is 2.14. The number of nitro benzene ring substituents is 1. The van der Waals surface area contributed by atoms with E-state index in [-0.39, 0.29) is 18.0 Å². The number of hydrogen-bond acceptors (Lipinski definition) is 4. The molecule has 3 aromatic carbocycles. The Bertz CT molecular complexity index is 1130. The predicted molar refractivity (Wildman–Crippen MR) is 125 cm³/mol. The molecule has 2 amide bonds. The van der Waals surface area contributed by atoms with Gasteiger partial charge in [0.25, 0.3) is 5.69 Å². The fraction of sp³-hybridized carbons (Fsp3) is 0.120. The van der Waals surface area contributed by atoms with Crippen molar-refractivity contribution >= 4 is 35.0 Å². The summed E-state index contributed by atoms with van der Waals surface area (Å²) in [4.78, 5) is 37.2. The molecule has 0 aliphatic heterocycles. The highest BCUT2D eigenvalue weighted by atomic mass is 16.6. The number of amides is 2. The smallest absolute Gasteiger partial charge is 0.276 e. The molecule has 0 saturated carbocycles. The molecule has 0 bridgehead atoms. The molecule has 0 aliphatic rings. The van der Waals surface area contributed by atoms with Gasteiger partial charge in [0.05, 0.1) is 16.9 Å². The Kier molecular flexibility index (Phi) is 7.48. The Balaban J connectivity index is 1.60. The number of benzene rings is 3. The Hall–Kier alpha value is -4.26. The van der Waals surface area contributed by atoms with E-state index in [1.165, 1.54) is 18.2 Å². The van der Waals surface area contributed by atoms with Gasteiger partial charge < -0.3 is 10.2 Å². The minimum atomic E-state index is -0.491. The molecular weight excluding hydrogens is 406 g/mol. The molecule has 7 nitrogen and oxygen atoms in total. The number of likely N-dealkylation sites (N-methyl/N-ethyl adjacent to an activating group) is 1. The number of nitrogens with one attached hydrogen (secondary N) is 1. The average Bonchev–Trinajstić information content (AvgIpc) is 2.80. The number of nitro groups is 1. The van der Waals surface area contributed by atoms with Crippen LogP contribution in [0.1, 0.15) is 18.1 Å². The lowest BCUT2D eigenvalue weighted by atomic mass is 10.1. The van der Waals surface area contributed by atoms with Crippen LogP contribution in [0.25, 0.3) is 6.08 Å². The highest BCUT2D eigenvalue weighted by Crippen LogP contribution is 2.19. The number of carbonyl (C=O) groups excluding carboxylic acids is 2. The minimum Gasteiger partial charge on any atom is -0.323 e. The fourth-order valence-electron chi connectivity index (χ4n) is 3.23. The molecular formula is C25H23N3O4. The summed E-state index contributed by atoms with van der Waals surface area (Å²) in [5, 5.41) is 13.8. The van der Waals surface area contributed by atoms with Gasteiger partial charge in [0.2, 0.25) is 11.8 Å². The van der Waals surface area contributed by atoms with Gasteiger partial charge in [0.1, 0.15) is 0 Å². The number of nitrogens with zero attached hydrogens (tertiary/aromatic N) is 2. The van der Waals surface area contributed by atoms with Crippen molar-refractivity contribution in [1.82, 2.24) is 0 Å². The van der Waals surface area contributed by atoms with Crippen LogP contribution < -0.4 is 10.2 Å². The maximum Gasteiger partial charge on any atom is 0.276 e. The third kappa shape index (κ3) is 5.89. The molecule has 0 radical (unpaired) electrons. The Morgan fingerprint density at radius 1 is 0.969 bits per heavy atom. The van der Waals surface area contributed by atoms with Crippen molar-refractivity contribution in [3.05, 3.63) is 106 Å². The van der Waals surface area contributed by atoms with Crippen molar-refractivity contribution in [2.24, 2.45) is 0 Å². The SMILES string of the molecule is CCN(C(=O)Cc1ccc(NC(=O)/C=C/c2ccccc2[N+](=O)[O-])cc1)c1ccccc1. The van der Waals surface area contributed by atoms with Gasteiger partial charge in [0.15, 0.2) is 0 Å². The largest absolute Gasteiger partial charge is 0.323 e. The van der Waals surface area contributed by atoms with E-state index in [0.717, 1.165) is 11.3 Å². The van der Waals surface area contributed by atoms with Gasteiger partial charge in [-0.05, 0) is 48.9 Å². The third-order valence-corrected chi connectivity index (χ3v) is 4.81. The predicted octanol–water partition coefficient (Wildman–Crippen LogP) is 4.84. The molecule has 3 aromatic rings. The zero-order valence-corrected chi connectivity index (χ0v) is 17.6. The monoisotopic (exact) mass is 429 g/mol. The quantitative estimate of drug-likeness (QED) is 0.315.